The number of thiazole rings is 1. The average Bonchev–Trinajstić information content (AvgIpc) is 3.00. The van der Waals surface area contributed by atoms with Crippen LogP contribution >= 0.6 is 11.3 Å². The van der Waals surface area contributed by atoms with E-state index in [2.05, 4.69) is 11.6 Å². The molecule has 0 radical (unpaired) electrons. The van der Waals surface area contributed by atoms with E-state index in [0.29, 0.717) is 12.1 Å². The Kier molecular flexibility index (Phi) is 4.67. The maximum atomic E-state index is 10.8. The van der Waals surface area contributed by atoms with Crippen LogP contribution in [0.3, 0.4) is 0 Å². The summed E-state index contributed by atoms with van der Waals surface area (Å²) in [5.41, 5.74) is 1.61. The van der Waals surface area contributed by atoms with Crippen molar-refractivity contribution in [1.82, 2.24) is 4.98 Å². The summed E-state index contributed by atoms with van der Waals surface area (Å²) >= 11 is 1.48. The number of nitro benzene ring substituents is 1. The maximum Gasteiger partial charge on any atom is 0.271 e. The Labute approximate surface area is 142 Å². The number of benzene rings is 2. The minimum Gasteiger partial charge on any atom is -0.489 e. The second-order valence-corrected chi connectivity index (χ2v) is 5.99. The number of ether oxygens (including phenoxy) is 1. The van der Waals surface area contributed by atoms with Gasteiger partial charge in [-0.2, -0.15) is 0 Å². The summed E-state index contributed by atoms with van der Waals surface area (Å²) in [5.74, 6) is 0.769. The lowest BCUT2D eigenvalue weighted by Crippen LogP contribution is -1.94. The van der Waals surface area contributed by atoms with Gasteiger partial charge in [-0.3, -0.25) is 10.1 Å². The van der Waals surface area contributed by atoms with Gasteiger partial charge in [-0.25, -0.2) is 4.98 Å². The molecule has 0 spiro atoms. The quantitative estimate of drug-likeness (QED) is 0.363. The molecule has 0 unspecified atom stereocenters. The molecule has 0 aliphatic carbocycles. The predicted octanol–water partition coefficient (Wildman–Crippen LogP) is 4.94. The van der Waals surface area contributed by atoms with E-state index in [1.54, 1.807) is 12.1 Å². The molecule has 0 aliphatic rings. The third-order valence-electron chi connectivity index (χ3n) is 3.28. The standard InChI is InChI=1S/C18H14N2O3S/c1-2-11-23-16-6-4-3-5-13(16)7-10-18-19-15-12-14(20(21)22)8-9-17(15)24-18/h2-10,12H,1,11H2/b10-7+. The summed E-state index contributed by atoms with van der Waals surface area (Å²) in [6, 6.07) is 12.4. The van der Waals surface area contributed by atoms with Crippen LogP contribution < -0.4 is 4.74 Å². The highest BCUT2D eigenvalue weighted by Crippen LogP contribution is 2.28. The van der Waals surface area contributed by atoms with E-state index in [-0.39, 0.29) is 5.69 Å². The highest BCUT2D eigenvalue weighted by atomic mass is 32.1. The summed E-state index contributed by atoms with van der Waals surface area (Å²) in [6.45, 7) is 4.08. The van der Waals surface area contributed by atoms with Gasteiger partial charge in [0, 0.05) is 17.7 Å². The van der Waals surface area contributed by atoms with E-state index in [4.69, 9.17) is 4.74 Å². The number of hydrogen-bond acceptors (Lipinski definition) is 5. The molecule has 0 bridgehead atoms. The fraction of sp³-hybridized carbons (Fsp3) is 0.0556. The monoisotopic (exact) mass is 338 g/mol. The molecule has 3 aromatic rings. The van der Waals surface area contributed by atoms with Crippen LogP contribution in [0.5, 0.6) is 5.75 Å². The largest absolute Gasteiger partial charge is 0.489 e. The Bertz CT molecular complexity index is 931. The van der Waals surface area contributed by atoms with E-state index in [1.165, 1.54) is 23.5 Å². The summed E-state index contributed by atoms with van der Waals surface area (Å²) in [6.07, 6.45) is 5.50. The molecule has 5 nitrogen and oxygen atoms in total. The van der Waals surface area contributed by atoms with Crippen molar-refractivity contribution >= 4 is 39.4 Å². The van der Waals surface area contributed by atoms with Crippen LogP contribution in [0.15, 0.2) is 55.1 Å². The molecule has 0 aliphatic heterocycles. The maximum absolute atomic E-state index is 10.8. The van der Waals surface area contributed by atoms with E-state index in [0.717, 1.165) is 21.0 Å². The second kappa shape index (κ2) is 7.06. The van der Waals surface area contributed by atoms with Crippen molar-refractivity contribution < 1.29 is 9.66 Å². The highest BCUT2D eigenvalue weighted by molar-refractivity contribution is 7.19. The van der Waals surface area contributed by atoms with Gasteiger partial charge in [0.2, 0.25) is 0 Å². The molecular formula is C18H14N2O3S. The summed E-state index contributed by atoms with van der Waals surface area (Å²) < 4.78 is 6.53. The molecule has 0 atom stereocenters. The molecule has 0 fully saturated rings. The zero-order valence-electron chi connectivity index (χ0n) is 12.7. The Morgan fingerprint density at radius 2 is 2.08 bits per heavy atom. The van der Waals surface area contributed by atoms with Gasteiger partial charge in [0.1, 0.15) is 17.4 Å². The topological polar surface area (TPSA) is 65.3 Å². The summed E-state index contributed by atoms with van der Waals surface area (Å²) in [4.78, 5) is 14.8. The van der Waals surface area contributed by atoms with Crippen LogP contribution in [-0.4, -0.2) is 16.5 Å². The Morgan fingerprint density at radius 1 is 1.25 bits per heavy atom. The van der Waals surface area contributed by atoms with Crippen LogP contribution in [-0.2, 0) is 0 Å². The molecular weight excluding hydrogens is 324 g/mol. The number of aromatic nitrogens is 1. The number of nitrogens with zero attached hydrogens (tertiary/aromatic N) is 2. The third-order valence-corrected chi connectivity index (χ3v) is 4.28. The van der Waals surface area contributed by atoms with Crippen LogP contribution in [0.1, 0.15) is 10.6 Å². The van der Waals surface area contributed by atoms with Crippen molar-refractivity contribution in [1.29, 1.82) is 0 Å². The first-order valence-electron chi connectivity index (χ1n) is 7.23. The van der Waals surface area contributed by atoms with Gasteiger partial charge in [0.05, 0.1) is 15.1 Å². The molecule has 0 amide bonds. The predicted molar refractivity (Wildman–Crippen MR) is 97.3 cm³/mol. The highest BCUT2D eigenvalue weighted by Gasteiger charge is 2.09. The van der Waals surface area contributed by atoms with Crippen molar-refractivity contribution in [2.24, 2.45) is 0 Å². The van der Waals surface area contributed by atoms with Crippen molar-refractivity contribution in [2.75, 3.05) is 6.61 Å². The van der Waals surface area contributed by atoms with Gasteiger partial charge >= 0.3 is 0 Å². The van der Waals surface area contributed by atoms with Gasteiger partial charge in [-0.15, -0.1) is 11.3 Å². The first-order chi connectivity index (χ1) is 11.7. The molecule has 0 saturated carbocycles. The van der Waals surface area contributed by atoms with Gasteiger partial charge in [0.25, 0.3) is 5.69 Å². The number of para-hydroxylation sites is 1. The second-order valence-electron chi connectivity index (χ2n) is 4.93. The van der Waals surface area contributed by atoms with Crippen LogP contribution in [0.4, 0.5) is 5.69 Å². The molecule has 24 heavy (non-hydrogen) atoms. The smallest absolute Gasteiger partial charge is 0.271 e. The molecule has 6 heteroatoms. The lowest BCUT2D eigenvalue weighted by atomic mass is 10.2. The zero-order chi connectivity index (χ0) is 16.9. The van der Waals surface area contributed by atoms with Gasteiger partial charge in [-0.05, 0) is 24.3 Å². The molecule has 1 aromatic heterocycles. The number of non-ortho nitro benzene ring substituents is 1. The van der Waals surface area contributed by atoms with Crippen molar-refractivity contribution in [3.8, 4) is 5.75 Å². The molecule has 120 valence electrons. The van der Waals surface area contributed by atoms with Crippen molar-refractivity contribution in [3.05, 3.63) is 75.8 Å². The van der Waals surface area contributed by atoms with E-state index in [1.807, 2.05) is 36.4 Å². The van der Waals surface area contributed by atoms with E-state index >= 15 is 0 Å². The lowest BCUT2D eigenvalue weighted by Gasteiger charge is -2.06. The van der Waals surface area contributed by atoms with Crippen LogP contribution in [0, 0.1) is 10.1 Å². The Morgan fingerprint density at radius 3 is 2.88 bits per heavy atom. The fourth-order valence-corrected chi connectivity index (χ4v) is 3.03. The van der Waals surface area contributed by atoms with Gasteiger partial charge in [0.15, 0.2) is 0 Å². The van der Waals surface area contributed by atoms with E-state index in [9.17, 15) is 10.1 Å². The number of fused-ring (bicyclic) bond motifs is 1. The van der Waals surface area contributed by atoms with E-state index < -0.39 is 4.92 Å². The summed E-state index contributed by atoms with van der Waals surface area (Å²) in [5, 5.41) is 11.6. The van der Waals surface area contributed by atoms with Gasteiger partial charge in [-0.1, -0.05) is 30.9 Å². The minimum atomic E-state index is -0.415. The minimum absolute atomic E-state index is 0.0477. The zero-order valence-corrected chi connectivity index (χ0v) is 13.5. The third kappa shape index (κ3) is 3.49. The average molecular weight is 338 g/mol. The molecule has 3 rings (SSSR count). The first kappa shape index (κ1) is 15.9. The SMILES string of the molecule is C=CCOc1ccccc1/C=C/c1nc2cc([N+](=O)[O-])ccc2s1. The number of hydrogen-bond donors (Lipinski definition) is 0. The number of nitro groups is 1. The molecule has 1 heterocycles. The molecule has 0 N–H and O–H groups in total. The molecule has 2 aromatic carbocycles. The number of rotatable bonds is 6. The van der Waals surface area contributed by atoms with Crippen molar-refractivity contribution in [3.63, 3.8) is 0 Å². The van der Waals surface area contributed by atoms with Gasteiger partial charge < -0.3 is 4.74 Å². The summed E-state index contributed by atoms with van der Waals surface area (Å²) in [7, 11) is 0. The van der Waals surface area contributed by atoms with Crippen molar-refractivity contribution in [2.45, 2.75) is 0 Å². The fourth-order valence-electron chi connectivity index (χ4n) is 2.18. The molecule has 0 saturated heterocycles. The Balaban J connectivity index is 1.88. The first-order valence-corrected chi connectivity index (χ1v) is 8.05. The van der Waals surface area contributed by atoms with Crippen LogP contribution in [0.2, 0.25) is 0 Å². The van der Waals surface area contributed by atoms with Crippen LogP contribution in [0.25, 0.3) is 22.4 Å². The Hall–Kier alpha value is -2.99. The lowest BCUT2D eigenvalue weighted by molar-refractivity contribution is -0.384. The normalized spacial score (nSPS) is 11.0.